The second-order valence-electron chi connectivity index (χ2n) is 7.25. The second-order valence-corrected chi connectivity index (χ2v) is 7.25. The Morgan fingerprint density at radius 2 is 1.85 bits per heavy atom. The minimum Gasteiger partial charge on any atom is -0.383 e. The lowest BCUT2D eigenvalue weighted by molar-refractivity contribution is 0.0243. The van der Waals surface area contributed by atoms with Crippen LogP contribution < -0.4 is 5.32 Å². The molecule has 20 heavy (non-hydrogen) atoms. The molecular formula is C17H34N2O. The highest BCUT2D eigenvalue weighted by molar-refractivity contribution is 4.87. The lowest BCUT2D eigenvalue weighted by Gasteiger charge is -2.44. The minimum atomic E-state index is 0.557. The maximum absolute atomic E-state index is 5.47. The van der Waals surface area contributed by atoms with Crippen molar-refractivity contribution in [3.8, 4) is 0 Å². The number of hydrogen-bond acceptors (Lipinski definition) is 3. The Labute approximate surface area is 125 Å². The highest BCUT2D eigenvalue weighted by Crippen LogP contribution is 2.36. The van der Waals surface area contributed by atoms with Crippen LogP contribution in [0, 0.1) is 17.8 Å². The lowest BCUT2D eigenvalue weighted by Crippen LogP contribution is -2.52. The third-order valence-electron chi connectivity index (χ3n) is 5.13. The molecule has 2 fully saturated rings. The van der Waals surface area contributed by atoms with Crippen LogP contribution in [0.4, 0.5) is 0 Å². The van der Waals surface area contributed by atoms with Gasteiger partial charge in [0.2, 0.25) is 0 Å². The summed E-state index contributed by atoms with van der Waals surface area (Å²) in [6, 6.07) is 0.557. The summed E-state index contributed by atoms with van der Waals surface area (Å²) in [6.45, 7) is 10.2. The highest BCUT2D eigenvalue weighted by atomic mass is 16.5. The molecule has 1 aliphatic carbocycles. The van der Waals surface area contributed by atoms with Crippen molar-refractivity contribution in [2.75, 3.05) is 39.9 Å². The van der Waals surface area contributed by atoms with E-state index in [0.717, 1.165) is 37.5 Å². The fourth-order valence-electron chi connectivity index (χ4n) is 3.99. The van der Waals surface area contributed by atoms with Gasteiger partial charge in [-0.2, -0.15) is 0 Å². The molecule has 0 radical (unpaired) electrons. The molecule has 0 aromatic rings. The van der Waals surface area contributed by atoms with Crippen LogP contribution in [-0.2, 0) is 4.74 Å². The number of likely N-dealkylation sites (tertiary alicyclic amines) is 1. The third kappa shape index (κ3) is 4.71. The molecule has 0 spiro atoms. The Bertz CT molecular complexity index is 270. The summed E-state index contributed by atoms with van der Waals surface area (Å²) < 4.78 is 5.47. The van der Waals surface area contributed by atoms with Gasteiger partial charge in [0.1, 0.15) is 0 Å². The van der Waals surface area contributed by atoms with Gasteiger partial charge >= 0.3 is 0 Å². The van der Waals surface area contributed by atoms with Crippen LogP contribution in [-0.4, -0.2) is 50.8 Å². The molecule has 2 aliphatic rings. The zero-order valence-corrected chi connectivity index (χ0v) is 13.7. The molecule has 3 unspecified atom stereocenters. The number of ether oxygens (including phenoxy) is 1. The Hall–Kier alpha value is -0.120. The topological polar surface area (TPSA) is 24.5 Å². The Balaban J connectivity index is 1.82. The molecule has 118 valence electrons. The predicted octanol–water partition coefficient (Wildman–Crippen LogP) is 2.76. The molecule has 1 saturated carbocycles. The standard InChI is InChI=1S/C17H34N2O/c1-14(2)10-18-11-17(13-20-3)19-9-8-15-6-4-5-7-16(15)12-19/h14-18H,4-13H2,1-3H3. The fourth-order valence-corrected chi connectivity index (χ4v) is 3.99. The van der Waals surface area contributed by atoms with E-state index in [9.17, 15) is 0 Å². The molecule has 0 aromatic heterocycles. The highest BCUT2D eigenvalue weighted by Gasteiger charge is 2.33. The van der Waals surface area contributed by atoms with Crippen LogP contribution in [0.15, 0.2) is 0 Å². The summed E-state index contributed by atoms with van der Waals surface area (Å²) in [4.78, 5) is 2.70. The summed E-state index contributed by atoms with van der Waals surface area (Å²) >= 11 is 0. The first-order valence-corrected chi connectivity index (χ1v) is 8.64. The van der Waals surface area contributed by atoms with E-state index in [0.29, 0.717) is 6.04 Å². The summed E-state index contributed by atoms with van der Waals surface area (Å²) in [7, 11) is 1.84. The van der Waals surface area contributed by atoms with Crippen molar-refractivity contribution < 1.29 is 4.74 Å². The van der Waals surface area contributed by atoms with Crippen LogP contribution in [0.25, 0.3) is 0 Å². The number of hydrogen-bond donors (Lipinski definition) is 1. The Kier molecular flexibility index (Phi) is 6.79. The Morgan fingerprint density at radius 3 is 2.55 bits per heavy atom. The fraction of sp³-hybridized carbons (Fsp3) is 1.00. The number of rotatable bonds is 7. The molecule has 3 heteroatoms. The van der Waals surface area contributed by atoms with E-state index in [1.165, 1.54) is 45.2 Å². The van der Waals surface area contributed by atoms with E-state index in [2.05, 4.69) is 24.1 Å². The largest absolute Gasteiger partial charge is 0.383 e. The summed E-state index contributed by atoms with van der Waals surface area (Å²) in [5.41, 5.74) is 0. The Morgan fingerprint density at radius 1 is 1.10 bits per heavy atom. The van der Waals surface area contributed by atoms with E-state index < -0.39 is 0 Å². The van der Waals surface area contributed by atoms with Gasteiger partial charge in [0.15, 0.2) is 0 Å². The zero-order chi connectivity index (χ0) is 14.4. The van der Waals surface area contributed by atoms with Gasteiger partial charge in [0.25, 0.3) is 0 Å². The van der Waals surface area contributed by atoms with E-state index >= 15 is 0 Å². The van der Waals surface area contributed by atoms with Crippen molar-refractivity contribution in [1.82, 2.24) is 10.2 Å². The SMILES string of the molecule is COCC(CNCC(C)C)N1CCC2CCCCC2C1. The van der Waals surface area contributed by atoms with Crippen LogP contribution in [0.1, 0.15) is 46.0 Å². The van der Waals surface area contributed by atoms with Gasteiger partial charge in [-0.3, -0.25) is 4.90 Å². The number of piperidine rings is 1. The maximum atomic E-state index is 5.47. The van der Waals surface area contributed by atoms with Gasteiger partial charge in [-0.05, 0) is 43.7 Å². The van der Waals surface area contributed by atoms with Crippen molar-refractivity contribution in [3.05, 3.63) is 0 Å². The lowest BCUT2D eigenvalue weighted by atomic mass is 9.75. The first-order chi connectivity index (χ1) is 9.70. The van der Waals surface area contributed by atoms with Gasteiger partial charge in [-0.1, -0.05) is 33.1 Å². The van der Waals surface area contributed by atoms with Gasteiger partial charge in [-0.15, -0.1) is 0 Å². The van der Waals surface area contributed by atoms with Crippen LogP contribution in [0.2, 0.25) is 0 Å². The number of nitrogens with zero attached hydrogens (tertiary/aromatic N) is 1. The molecule has 2 rings (SSSR count). The van der Waals surface area contributed by atoms with Crippen molar-refractivity contribution >= 4 is 0 Å². The van der Waals surface area contributed by atoms with Gasteiger partial charge in [0, 0.05) is 26.2 Å². The molecule has 0 bridgehead atoms. The van der Waals surface area contributed by atoms with E-state index in [-0.39, 0.29) is 0 Å². The van der Waals surface area contributed by atoms with E-state index in [1.807, 2.05) is 7.11 Å². The summed E-state index contributed by atoms with van der Waals surface area (Å²) in [5, 5.41) is 3.62. The molecule has 1 aliphatic heterocycles. The monoisotopic (exact) mass is 282 g/mol. The van der Waals surface area contributed by atoms with Crippen LogP contribution in [0.3, 0.4) is 0 Å². The molecule has 1 saturated heterocycles. The molecule has 3 nitrogen and oxygen atoms in total. The van der Waals surface area contributed by atoms with Crippen LogP contribution in [0.5, 0.6) is 0 Å². The maximum Gasteiger partial charge on any atom is 0.0630 e. The number of fused-ring (bicyclic) bond motifs is 1. The minimum absolute atomic E-state index is 0.557. The average molecular weight is 282 g/mol. The van der Waals surface area contributed by atoms with E-state index in [4.69, 9.17) is 4.74 Å². The van der Waals surface area contributed by atoms with E-state index in [1.54, 1.807) is 0 Å². The second kappa shape index (κ2) is 8.35. The van der Waals surface area contributed by atoms with Crippen molar-refractivity contribution in [2.45, 2.75) is 52.0 Å². The number of nitrogens with one attached hydrogen (secondary N) is 1. The molecular weight excluding hydrogens is 248 g/mol. The quantitative estimate of drug-likeness (QED) is 0.777. The van der Waals surface area contributed by atoms with Gasteiger partial charge in [0.05, 0.1) is 6.61 Å². The smallest absolute Gasteiger partial charge is 0.0630 e. The first kappa shape index (κ1) is 16.3. The van der Waals surface area contributed by atoms with Crippen molar-refractivity contribution in [1.29, 1.82) is 0 Å². The molecule has 1 N–H and O–H groups in total. The van der Waals surface area contributed by atoms with Crippen molar-refractivity contribution in [3.63, 3.8) is 0 Å². The molecule has 0 aromatic carbocycles. The summed E-state index contributed by atoms with van der Waals surface area (Å²) in [6.07, 6.45) is 7.28. The first-order valence-electron chi connectivity index (χ1n) is 8.64. The normalized spacial score (nSPS) is 29.4. The number of methoxy groups -OCH3 is 1. The summed E-state index contributed by atoms with van der Waals surface area (Å²) in [5.74, 6) is 2.70. The van der Waals surface area contributed by atoms with Crippen LogP contribution >= 0.6 is 0 Å². The van der Waals surface area contributed by atoms with Gasteiger partial charge < -0.3 is 10.1 Å². The molecule has 3 atom stereocenters. The predicted molar refractivity (Wildman–Crippen MR) is 85.0 cm³/mol. The molecule has 1 heterocycles. The van der Waals surface area contributed by atoms with Gasteiger partial charge in [-0.25, -0.2) is 0 Å². The zero-order valence-electron chi connectivity index (χ0n) is 13.7. The van der Waals surface area contributed by atoms with Crippen molar-refractivity contribution in [2.24, 2.45) is 17.8 Å². The molecule has 0 amide bonds. The average Bonchev–Trinajstić information content (AvgIpc) is 2.45. The third-order valence-corrected chi connectivity index (χ3v) is 5.13.